The Balaban J connectivity index is 1.86. The molecule has 5 nitrogen and oxygen atoms in total. The molecule has 0 aliphatic rings. The van der Waals surface area contributed by atoms with Gasteiger partial charge in [-0.05, 0) is 25.5 Å². The molecule has 2 heterocycles. The van der Waals surface area contributed by atoms with Gasteiger partial charge in [-0.3, -0.25) is 10.1 Å². The van der Waals surface area contributed by atoms with Crippen LogP contribution >= 0.6 is 34.5 Å². The van der Waals surface area contributed by atoms with E-state index in [1.807, 2.05) is 30.5 Å². The molecule has 0 bridgehead atoms. The van der Waals surface area contributed by atoms with Crippen LogP contribution in [-0.4, -0.2) is 20.7 Å². The number of amides is 1. The molecule has 0 aliphatic heterocycles. The number of halogens is 2. The standard InChI is InChI=1S/C16H14Cl2N4OS/c1-9-8-24-16(19-9)20-15(23)13-10(2)21-22(14(13)18)7-11-5-3-4-6-12(11)17/h3-6,8H,7H2,1-2H3,(H,19,20,23). The number of benzene rings is 1. The Kier molecular flexibility index (Phi) is 4.89. The molecule has 0 spiro atoms. The monoisotopic (exact) mass is 380 g/mol. The van der Waals surface area contributed by atoms with Gasteiger partial charge in [0, 0.05) is 10.4 Å². The van der Waals surface area contributed by atoms with E-state index in [0.29, 0.717) is 28.0 Å². The SMILES string of the molecule is Cc1csc(NC(=O)c2c(C)nn(Cc3ccccc3Cl)c2Cl)n1. The number of nitrogens with one attached hydrogen (secondary N) is 1. The lowest BCUT2D eigenvalue weighted by atomic mass is 10.2. The van der Waals surface area contributed by atoms with Crippen LogP contribution in [0.15, 0.2) is 29.6 Å². The lowest BCUT2D eigenvalue weighted by molar-refractivity contribution is 0.102. The molecule has 124 valence electrons. The van der Waals surface area contributed by atoms with E-state index in [-0.39, 0.29) is 11.1 Å². The van der Waals surface area contributed by atoms with Crippen LogP contribution in [0.2, 0.25) is 10.2 Å². The molecular formula is C16H14Cl2N4OS. The number of carbonyl (C=O) groups excluding carboxylic acids is 1. The van der Waals surface area contributed by atoms with Gasteiger partial charge >= 0.3 is 0 Å². The number of rotatable bonds is 4. The molecule has 1 N–H and O–H groups in total. The van der Waals surface area contributed by atoms with Gasteiger partial charge in [0.25, 0.3) is 5.91 Å². The minimum atomic E-state index is -0.322. The lowest BCUT2D eigenvalue weighted by Gasteiger charge is -2.06. The minimum Gasteiger partial charge on any atom is -0.298 e. The maximum Gasteiger partial charge on any atom is 0.262 e. The van der Waals surface area contributed by atoms with Crippen molar-refractivity contribution in [2.75, 3.05) is 5.32 Å². The summed E-state index contributed by atoms with van der Waals surface area (Å²) in [5.41, 5.74) is 2.63. The van der Waals surface area contributed by atoms with Gasteiger partial charge in [0.2, 0.25) is 0 Å². The second-order valence-electron chi connectivity index (χ2n) is 5.25. The maximum absolute atomic E-state index is 12.5. The fraction of sp³-hybridized carbons (Fsp3) is 0.188. The number of nitrogens with zero attached hydrogens (tertiary/aromatic N) is 3. The van der Waals surface area contributed by atoms with E-state index in [1.54, 1.807) is 17.7 Å². The molecular weight excluding hydrogens is 367 g/mol. The minimum absolute atomic E-state index is 0.276. The van der Waals surface area contributed by atoms with E-state index in [0.717, 1.165) is 11.3 Å². The van der Waals surface area contributed by atoms with Crippen molar-refractivity contribution in [3.05, 3.63) is 62.3 Å². The van der Waals surface area contributed by atoms with Crippen LogP contribution in [0.4, 0.5) is 5.13 Å². The average Bonchev–Trinajstić information content (AvgIpc) is 3.05. The van der Waals surface area contributed by atoms with Crippen molar-refractivity contribution in [3.63, 3.8) is 0 Å². The maximum atomic E-state index is 12.5. The highest BCUT2D eigenvalue weighted by atomic mass is 35.5. The van der Waals surface area contributed by atoms with Gasteiger partial charge in [0.05, 0.1) is 23.5 Å². The van der Waals surface area contributed by atoms with E-state index >= 15 is 0 Å². The molecule has 2 aromatic heterocycles. The second-order valence-corrected chi connectivity index (χ2v) is 6.87. The molecule has 1 amide bonds. The molecule has 0 saturated carbocycles. The zero-order valence-electron chi connectivity index (χ0n) is 13.0. The molecule has 1 aromatic carbocycles. The molecule has 3 aromatic rings. The third-order valence-electron chi connectivity index (χ3n) is 3.41. The first-order valence-corrected chi connectivity index (χ1v) is 8.79. The molecule has 0 saturated heterocycles. The number of aromatic nitrogens is 3. The summed E-state index contributed by atoms with van der Waals surface area (Å²) in [6.07, 6.45) is 0. The Morgan fingerprint density at radius 3 is 2.71 bits per heavy atom. The highest BCUT2D eigenvalue weighted by Crippen LogP contribution is 2.25. The van der Waals surface area contributed by atoms with Crippen molar-refractivity contribution in [1.29, 1.82) is 0 Å². The van der Waals surface area contributed by atoms with Crippen LogP contribution in [0, 0.1) is 13.8 Å². The van der Waals surface area contributed by atoms with Gasteiger partial charge in [0.1, 0.15) is 5.15 Å². The van der Waals surface area contributed by atoms with Gasteiger partial charge in [-0.1, -0.05) is 41.4 Å². The van der Waals surface area contributed by atoms with Gasteiger partial charge < -0.3 is 0 Å². The fourth-order valence-electron chi connectivity index (χ4n) is 2.28. The molecule has 24 heavy (non-hydrogen) atoms. The van der Waals surface area contributed by atoms with Crippen molar-refractivity contribution in [2.45, 2.75) is 20.4 Å². The van der Waals surface area contributed by atoms with Crippen molar-refractivity contribution in [1.82, 2.24) is 14.8 Å². The predicted octanol–water partition coefficient (Wildman–Crippen LogP) is 4.56. The molecule has 0 radical (unpaired) electrons. The normalized spacial score (nSPS) is 10.8. The number of aryl methyl sites for hydroxylation is 2. The van der Waals surface area contributed by atoms with Crippen LogP contribution < -0.4 is 5.32 Å². The van der Waals surface area contributed by atoms with Crippen LogP contribution in [0.25, 0.3) is 0 Å². The van der Waals surface area contributed by atoms with E-state index in [4.69, 9.17) is 23.2 Å². The Labute approximate surface area is 153 Å². The van der Waals surface area contributed by atoms with E-state index in [2.05, 4.69) is 15.4 Å². The molecule has 0 aliphatic carbocycles. The zero-order valence-corrected chi connectivity index (χ0v) is 15.3. The van der Waals surface area contributed by atoms with Crippen LogP contribution in [0.1, 0.15) is 27.3 Å². The third-order valence-corrected chi connectivity index (χ3v) is 5.04. The highest BCUT2D eigenvalue weighted by molar-refractivity contribution is 7.13. The molecule has 3 rings (SSSR count). The van der Waals surface area contributed by atoms with Crippen molar-refractivity contribution >= 4 is 45.6 Å². The van der Waals surface area contributed by atoms with Crippen LogP contribution in [-0.2, 0) is 6.54 Å². The van der Waals surface area contributed by atoms with Crippen molar-refractivity contribution < 1.29 is 4.79 Å². The van der Waals surface area contributed by atoms with Gasteiger partial charge in [-0.15, -0.1) is 11.3 Å². The van der Waals surface area contributed by atoms with Gasteiger partial charge in [-0.25, -0.2) is 9.67 Å². The zero-order chi connectivity index (χ0) is 17.3. The number of hydrogen-bond acceptors (Lipinski definition) is 4. The summed E-state index contributed by atoms with van der Waals surface area (Å²) in [6, 6.07) is 7.45. The van der Waals surface area contributed by atoms with Crippen LogP contribution in [0.3, 0.4) is 0 Å². The van der Waals surface area contributed by atoms with Gasteiger partial charge in [0.15, 0.2) is 5.13 Å². The summed E-state index contributed by atoms with van der Waals surface area (Å²) in [7, 11) is 0. The number of carbonyl (C=O) groups is 1. The molecule has 0 fully saturated rings. The average molecular weight is 381 g/mol. The Hall–Kier alpha value is -1.89. The van der Waals surface area contributed by atoms with Crippen LogP contribution in [0.5, 0.6) is 0 Å². The summed E-state index contributed by atoms with van der Waals surface area (Å²) < 4.78 is 1.57. The molecule has 0 atom stereocenters. The topological polar surface area (TPSA) is 59.8 Å². The van der Waals surface area contributed by atoms with Gasteiger partial charge in [-0.2, -0.15) is 5.10 Å². The number of hydrogen-bond donors (Lipinski definition) is 1. The smallest absolute Gasteiger partial charge is 0.262 e. The van der Waals surface area contributed by atoms with Crippen molar-refractivity contribution in [3.8, 4) is 0 Å². The highest BCUT2D eigenvalue weighted by Gasteiger charge is 2.21. The number of thiazole rings is 1. The van der Waals surface area contributed by atoms with E-state index < -0.39 is 0 Å². The predicted molar refractivity (Wildman–Crippen MR) is 97.3 cm³/mol. The van der Waals surface area contributed by atoms with E-state index in [9.17, 15) is 4.79 Å². The largest absolute Gasteiger partial charge is 0.298 e. The first-order chi connectivity index (χ1) is 11.5. The molecule has 8 heteroatoms. The summed E-state index contributed by atoms with van der Waals surface area (Å²) in [5.74, 6) is -0.322. The van der Waals surface area contributed by atoms with Crippen molar-refractivity contribution in [2.24, 2.45) is 0 Å². The number of anilines is 1. The van der Waals surface area contributed by atoms with E-state index in [1.165, 1.54) is 11.3 Å². The summed E-state index contributed by atoms with van der Waals surface area (Å²) in [4.78, 5) is 16.7. The molecule has 0 unspecified atom stereocenters. The second kappa shape index (κ2) is 6.93. The third kappa shape index (κ3) is 3.45. The lowest BCUT2D eigenvalue weighted by Crippen LogP contribution is -2.13. The Morgan fingerprint density at radius 2 is 2.04 bits per heavy atom. The Morgan fingerprint density at radius 1 is 1.29 bits per heavy atom. The Bertz CT molecular complexity index is 903. The summed E-state index contributed by atoms with van der Waals surface area (Å²) in [6.45, 7) is 4.01. The fourth-order valence-corrected chi connectivity index (χ4v) is 3.47. The quantitative estimate of drug-likeness (QED) is 0.721. The first kappa shape index (κ1) is 17.0. The first-order valence-electron chi connectivity index (χ1n) is 7.15. The summed E-state index contributed by atoms with van der Waals surface area (Å²) in [5, 5.41) is 10.4. The summed E-state index contributed by atoms with van der Waals surface area (Å²) >= 11 is 13.9.